The molecule has 17 heavy (non-hydrogen) atoms. The lowest BCUT2D eigenvalue weighted by atomic mass is 9.97. The fraction of sp³-hybridized carbons (Fsp3) is 0.500. The van der Waals surface area contributed by atoms with Gasteiger partial charge < -0.3 is 10.6 Å². The zero-order valence-electron chi connectivity index (χ0n) is 10.0. The van der Waals surface area contributed by atoms with E-state index in [4.69, 9.17) is 5.73 Å². The summed E-state index contributed by atoms with van der Waals surface area (Å²) in [5.41, 5.74) is 7.23. The maximum absolute atomic E-state index is 6.04. The van der Waals surface area contributed by atoms with Gasteiger partial charge in [0, 0.05) is 5.69 Å². The summed E-state index contributed by atoms with van der Waals surface area (Å²) in [7, 11) is 0. The molecule has 90 valence electrons. The number of hydrogen-bond donors (Lipinski definition) is 1. The maximum Gasteiger partial charge on any atom is 0.196 e. The lowest BCUT2D eigenvalue weighted by Crippen LogP contribution is -2.44. The molecule has 2 aliphatic rings. The van der Waals surface area contributed by atoms with E-state index in [-0.39, 0.29) is 0 Å². The molecule has 1 aliphatic heterocycles. The number of hydrogen-bond acceptors (Lipinski definition) is 3. The van der Waals surface area contributed by atoms with Crippen LogP contribution in [0.1, 0.15) is 25.7 Å². The zero-order chi connectivity index (χ0) is 11.7. The van der Waals surface area contributed by atoms with Crippen molar-refractivity contribution in [2.24, 2.45) is 16.6 Å². The van der Waals surface area contributed by atoms with E-state index in [0.29, 0.717) is 12.0 Å². The molecule has 0 saturated heterocycles. The monoisotopic (exact) mass is 229 g/mol. The highest BCUT2D eigenvalue weighted by Crippen LogP contribution is 2.34. The third-order valence-corrected chi connectivity index (χ3v) is 4.00. The molecule has 1 aromatic carbocycles. The fourth-order valence-electron chi connectivity index (χ4n) is 3.13. The minimum atomic E-state index is 0.486. The Morgan fingerprint density at radius 3 is 2.53 bits per heavy atom. The second-order valence-electron chi connectivity index (χ2n) is 5.02. The number of benzene rings is 1. The van der Waals surface area contributed by atoms with Crippen LogP contribution in [-0.2, 0) is 0 Å². The van der Waals surface area contributed by atoms with Gasteiger partial charge in [-0.25, -0.2) is 0 Å². The van der Waals surface area contributed by atoms with Crippen molar-refractivity contribution in [1.29, 1.82) is 0 Å². The molecule has 1 unspecified atom stereocenters. The van der Waals surface area contributed by atoms with E-state index in [1.807, 2.05) is 6.07 Å². The van der Waals surface area contributed by atoms with Crippen LogP contribution in [0.3, 0.4) is 0 Å². The first-order chi connectivity index (χ1) is 8.36. The highest BCUT2D eigenvalue weighted by molar-refractivity contribution is 5.97. The molecule has 0 amide bonds. The Bertz CT molecular complexity index is 407. The molecule has 0 radical (unpaired) electrons. The summed E-state index contributed by atoms with van der Waals surface area (Å²) >= 11 is 0. The SMILES string of the molecule is NC1=NCC(C2CCCC2)N1c1ccccc1. The van der Waals surface area contributed by atoms with E-state index < -0.39 is 0 Å². The van der Waals surface area contributed by atoms with Crippen LogP contribution in [0.2, 0.25) is 0 Å². The normalized spacial score (nSPS) is 25.3. The summed E-state index contributed by atoms with van der Waals surface area (Å²) in [6, 6.07) is 10.9. The summed E-state index contributed by atoms with van der Waals surface area (Å²) in [5.74, 6) is 1.45. The predicted octanol–water partition coefficient (Wildman–Crippen LogP) is 2.38. The smallest absolute Gasteiger partial charge is 0.196 e. The molecule has 3 rings (SSSR count). The van der Waals surface area contributed by atoms with Gasteiger partial charge in [-0.1, -0.05) is 31.0 Å². The quantitative estimate of drug-likeness (QED) is 0.846. The van der Waals surface area contributed by atoms with Crippen LogP contribution in [0.5, 0.6) is 0 Å². The average Bonchev–Trinajstić information content (AvgIpc) is 2.98. The predicted molar refractivity (Wildman–Crippen MR) is 71.2 cm³/mol. The van der Waals surface area contributed by atoms with Gasteiger partial charge in [0.15, 0.2) is 5.96 Å². The molecule has 2 N–H and O–H groups in total. The molecule has 0 bridgehead atoms. The number of anilines is 1. The van der Waals surface area contributed by atoms with Crippen molar-refractivity contribution in [3.05, 3.63) is 30.3 Å². The van der Waals surface area contributed by atoms with E-state index in [1.54, 1.807) is 0 Å². The molecule has 3 nitrogen and oxygen atoms in total. The van der Waals surface area contributed by atoms with E-state index in [2.05, 4.69) is 34.2 Å². The van der Waals surface area contributed by atoms with Crippen molar-refractivity contribution in [3.8, 4) is 0 Å². The molecule has 1 aliphatic carbocycles. The second-order valence-corrected chi connectivity index (χ2v) is 5.02. The lowest BCUT2D eigenvalue weighted by molar-refractivity contribution is 0.450. The Morgan fingerprint density at radius 2 is 1.82 bits per heavy atom. The molecule has 1 fully saturated rings. The van der Waals surface area contributed by atoms with Gasteiger partial charge >= 0.3 is 0 Å². The number of rotatable bonds is 2. The van der Waals surface area contributed by atoms with Gasteiger partial charge in [0.1, 0.15) is 0 Å². The lowest BCUT2D eigenvalue weighted by Gasteiger charge is -2.30. The Kier molecular flexibility index (Phi) is 2.75. The number of nitrogens with two attached hydrogens (primary N) is 1. The summed E-state index contributed by atoms with van der Waals surface area (Å²) < 4.78 is 0. The molecule has 0 spiro atoms. The molecule has 3 heteroatoms. The van der Waals surface area contributed by atoms with E-state index >= 15 is 0 Å². The van der Waals surface area contributed by atoms with Crippen molar-refractivity contribution in [1.82, 2.24) is 0 Å². The topological polar surface area (TPSA) is 41.6 Å². The van der Waals surface area contributed by atoms with Gasteiger partial charge in [-0.05, 0) is 30.9 Å². The minimum absolute atomic E-state index is 0.486. The van der Waals surface area contributed by atoms with Gasteiger partial charge in [-0.2, -0.15) is 0 Å². The summed E-state index contributed by atoms with van der Waals surface area (Å²) in [6.45, 7) is 0.866. The van der Waals surface area contributed by atoms with Crippen molar-refractivity contribution >= 4 is 11.6 Å². The number of guanidine groups is 1. The van der Waals surface area contributed by atoms with Crippen LogP contribution in [0, 0.1) is 5.92 Å². The first-order valence-corrected chi connectivity index (χ1v) is 6.50. The van der Waals surface area contributed by atoms with Crippen LogP contribution >= 0.6 is 0 Å². The molecule has 0 aromatic heterocycles. The van der Waals surface area contributed by atoms with Crippen molar-refractivity contribution in [2.45, 2.75) is 31.7 Å². The van der Waals surface area contributed by atoms with Crippen molar-refractivity contribution in [3.63, 3.8) is 0 Å². The van der Waals surface area contributed by atoms with Gasteiger partial charge in [-0.3, -0.25) is 4.99 Å². The van der Waals surface area contributed by atoms with Crippen LogP contribution in [0.25, 0.3) is 0 Å². The summed E-state index contributed by atoms with van der Waals surface area (Å²) in [5, 5.41) is 0. The Balaban J connectivity index is 1.86. The first-order valence-electron chi connectivity index (χ1n) is 6.50. The number of para-hydroxylation sites is 1. The first kappa shape index (κ1) is 10.6. The fourth-order valence-corrected chi connectivity index (χ4v) is 3.13. The van der Waals surface area contributed by atoms with Crippen molar-refractivity contribution < 1.29 is 0 Å². The van der Waals surface area contributed by atoms with Gasteiger partial charge in [-0.15, -0.1) is 0 Å². The maximum atomic E-state index is 6.04. The molecule has 1 aromatic rings. The Labute approximate surface area is 102 Å². The highest BCUT2D eigenvalue weighted by Gasteiger charge is 2.35. The summed E-state index contributed by atoms with van der Waals surface area (Å²) in [4.78, 5) is 6.67. The van der Waals surface area contributed by atoms with Crippen molar-refractivity contribution in [2.75, 3.05) is 11.4 Å². The molecular formula is C14H19N3. The average molecular weight is 229 g/mol. The largest absolute Gasteiger partial charge is 0.370 e. The van der Waals surface area contributed by atoms with Gasteiger partial charge in [0.25, 0.3) is 0 Å². The Hall–Kier alpha value is -1.51. The minimum Gasteiger partial charge on any atom is -0.370 e. The van der Waals surface area contributed by atoms with E-state index in [0.717, 1.165) is 12.5 Å². The third-order valence-electron chi connectivity index (χ3n) is 4.00. The van der Waals surface area contributed by atoms with E-state index in [1.165, 1.54) is 31.4 Å². The standard InChI is InChI=1S/C14H19N3/c15-14-16-10-13(11-6-4-5-7-11)17(14)12-8-2-1-3-9-12/h1-3,8-9,11,13H,4-7,10H2,(H2,15,16). The highest BCUT2D eigenvalue weighted by atomic mass is 15.3. The molecule has 1 saturated carbocycles. The summed E-state index contributed by atoms with van der Waals surface area (Å²) in [6.07, 6.45) is 5.39. The number of nitrogens with zero attached hydrogens (tertiary/aromatic N) is 2. The van der Waals surface area contributed by atoms with Crippen LogP contribution in [0.15, 0.2) is 35.3 Å². The van der Waals surface area contributed by atoms with Gasteiger partial charge in [0.05, 0.1) is 12.6 Å². The molecular weight excluding hydrogens is 210 g/mol. The third kappa shape index (κ3) is 1.90. The van der Waals surface area contributed by atoms with Crippen LogP contribution in [0.4, 0.5) is 5.69 Å². The van der Waals surface area contributed by atoms with E-state index in [9.17, 15) is 0 Å². The van der Waals surface area contributed by atoms with Crippen LogP contribution in [-0.4, -0.2) is 18.5 Å². The molecule has 1 atom stereocenters. The molecule has 1 heterocycles. The zero-order valence-corrected chi connectivity index (χ0v) is 10.0. The second kappa shape index (κ2) is 4.40. The number of aliphatic imine (C=N–C) groups is 1. The van der Waals surface area contributed by atoms with Crippen LogP contribution < -0.4 is 10.6 Å². The van der Waals surface area contributed by atoms with Gasteiger partial charge in [0.2, 0.25) is 0 Å². The Morgan fingerprint density at radius 1 is 1.12 bits per heavy atom.